The second kappa shape index (κ2) is 1.77. The minimum absolute atomic E-state index is 1.85. The highest BCUT2D eigenvalue weighted by molar-refractivity contribution is 5.72. The van der Waals surface area contributed by atoms with Gasteiger partial charge in [-0.2, -0.15) is 0 Å². The van der Waals surface area contributed by atoms with Crippen LogP contribution in [0.5, 0.6) is 0 Å². The maximum Gasteiger partial charge on any atom is 0.320 e. The van der Waals surface area contributed by atoms with Gasteiger partial charge in [-0.3, -0.25) is 4.79 Å². The van der Waals surface area contributed by atoms with Gasteiger partial charge in [-0.25, -0.2) is 0 Å². The predicted molar refractivity (Wildman–Crippen MR) is 21.3 cm³/mol. The van der Waals surface area contributed by atoms with Crippen LogP contribution in [0.4, 0.5) is 0 Å². The summed E-state index contributed by atoms with van der Waals surface area (Å²) >= 11 is 0. The molecule has 0 aromatic carbocycles. The molecule has 3 N–H and O–H groups in total. The number of rotatable bonds is 1. The Bertz CT molecular complexity index is 151. The lowest BCUT2D eigenvalue weighted by Crippen LogP contribution is -2.25. The molecule has 0 spiro atoms. The van der Waals surface area contributed by atoms with Gasteiger partial charge >= 0.3 is 5.97 Å². The first kappa shape index (κ1) is 1.50. The highest BCUT2D eigenvalue weighted by atomic mass is 16.5. The molecule has 0 radical (unpaired) electrons. The summed E-state index contributed by atoms with van der Waals surface area (Å²) in [4.78, 5) is 10.00. The van der Waals surface area contributed by atoms with E-state index in [1.165, 1.54) is 0 Å². The van der Waals surface area contributed by atoms with Gasteiger partial charge in [-0.15, -0.1) is 0 Å². The van der Waals surface area contributed by atoms with Crippen LogP contribution in [0.2, 0.25) is 0 Å². The lowest BCUT2D eigenvalue weighted by atomic mass is 10.6. The predicted octanol–water partition coefficient (Wildman–Crippen LogP) is -0.582. The second-order valence-electron chi connectivity index (χ2n) is 0.719. The Hall–Kier alpha value is -0.570. The highest BCUT2D eigenvalue weighted by Gasteiger charge is 1.99. The molecule has 0 heterocycles. The molecule has 6 heavy (non-hydrogen) atoms. The molecule has 0 rings (SSSR count). The van der Waals surface area contributed by atoms with E-state index in [4.69, 9.17) is 10.6 Å². The number of nitrogens with two attached hydrogens (primary N) is 1. The summed E-state index contributed by atoms with van der Waals surface area (Å²) in [5.41, 5.74) is 4.64. The largest absolute Gasteiger partial charge is 0.480 e. The van der Waals surface area contributed by atoms with Gasteiger partial charge in [0, 0.05) is 4.11 Å². The van der Waals surface area contributed by atoms with Gasteiger partial charge < -0.3 is 10.8 Å². The Morgan fingerprint density at radius 3 is 3.00 bits per heavy atom. The first-order chi connectivity index (χ1) is 4.19. The minimum Gasteiger partial charge on any atom is -0.480 e. The molecular formula is C3H7NO2. The number of hydrogen-bond donors (Lipinski definition) is 2. The summed E-state index contributed by atoms with van der Waals surface area (Å²) in [6, 6.07) is -2.90. The molecule has 3 heteroatoms. The fraction of sp³-hybridized carbons (Fsp3) is 0.667. The van der Waals surface area contributed by atoms with E-state index in [1.807, 2.05) is 0 Å². The van der Waals surface area contributed by atoms with Crippen LogP contribution < -0.4 is 5.73 Å². The van der Waals surface area contributed by atoms with Gasteiger partial charge in [0.2, 0.25) is 0 Å². The number of carbonyl (C=O) groups is 1. The van der Waals surface area contributed by atoms with Crippen LogP contribution in [-0.4, -0.2) is 17.1 Å². The molecule has 0 fully saturated rings. The minimum atomic E-state index is -2.99. The van der Waals surface area contributed by atoms with Crippen molar-refractivity contribution in [3.8, 4) is 0 Å². The third-order valence-corrected chi connectivity index (χ3v) is 0.230. The average Bonchev–Trinajstić information content (AvgIpc) is 1.62. The quantitative estimate of drug-likeness (QED) is 0.427. The Kier molecular flexibility index (Phi) is 0.442. The van der Waals surface area contributed by atoms with E-state index in [0.29, 0.717) is 0 Å². The van der Waals surface area contributed by atoms with Gasteiger partial charge in [0.05, 0.1) is 1.37 Å². The van der Waals surface area contributed by atoms with E-state index in [-0.39, 0.29) is 0 Å². The molecular weight excluding hydrogens is 83.0 g/mol. The van der Waals surface area contributed by atoms with E-state index < -0.39 is 18.8 Å². The summed E-state index contributed by atoms with van der Waals surface area (Å²) in [5.74, 6) is -1.85. The monoisotopic (exact) mass is 94.1 g/mol. The van der Waals surface area contributed by atoms with Crippen LogP contribution >= 0.6 is 0 Å². The summed E-state index contributed by atoms with van der Waals surface area (Å²) in [6.45, 7) is -2.99. The summed E-state index contributed by atoms with van der Waals surface area (Å²) in [5, 5.41) is 8.10. The van der Waals surface area contributed by atoms with Crippen molar-refractivity contribution in [2.45, 2.75) is 12.9 Å². The van der Waals surface area contributed by atoms with Gasteiger partial charge in [-0.1, -0.05) is 0 Å². The maximum absolute atomic E-state index is 10.00. The SMILES string of the molecule is [2H]C([2H])([2H])C([2H])(N)[13C](=O)O. The third kappa shape index (κ3) is 1.72. The van der Waals surface area contributed by atoms with Crippen molar-refractivity contribution in [3.05, 3.63) is 0 Å². The third-order valence-electron chi connectivity index (χ3n) is 0.230. The first-order valence-corrected chi connectivity index (χ1v) is 1.22. The normalized spacial score (nSPS) is 30.8. The number of carboxylic acid groups (broad SMARTS) is 1. The molecule has 0 saturated heterocycles. The zero-order valence-corrected chi connectivity index (χ0v) is 2.93. The molecule has 0 saturated carbocycles. The van der Waals surface area contributed by atoms with Crippen molar-refractivity contribution in [3.63, 3.8) is 0 Å². The molecule has 1 unspecified atom stereocenters. The Morgan fingerprint density at radius 1 is 2.50 bits per heavy atom. The summed E-state index contributed by atoms with van der Waals surface area (Å²) in [6.07, 6.45) is 0. The van der Waals surface area contributed by atoms with Crippen LogP contribution in [0.3, 0.4) is 0 Å². The summed E-state index contributed by atoms with van der Waals surface area (Å²) in [7, 11) is 0. The highest BCUT2D eigenvalue weighted by Crippen LogP contribution is 1.68. The van der Waals surface area contributed by atoms with E-state index >= 15 is 0 Å². The second-order valence-corrected chi connectivity index (χ2v) is 0.719. The first-order valence-electron chi connectivity index (χ1n) is 3.22. The van der Waals surface area contributed by atoms with Crippen LogP contribution in [0.25, 0.3) is 0 Å². The zero-order valence-electron chi connectivity index (χ0n) is 6.93. The van der Waals surface area contributed by atoms with Gasteiger partial charge in [-0.05, 0) is 6.85 Å². The van der Waals surface area contributed by atoms with Crippen molar-refractivity contribution >= 4 is 5.97 Å². The molecule has 0 aromatic rings. The molecule has 3 nitrogen and oxygen atoms in total. The van der Waals surface area contributed by atoms with Crippen molar-refractivity contribution in [2.75, 3.05) is 0 Å². The van der Waals surface area contributed by atoms with E-state index in [1.54, 1.807) is 0 Å². The van der Waals surface area contributed by atoms with Crippen LogP contribution in [-0.2, 0) is 4.79 Å². The van der Waals surface area contributed by atoms with Crippen molar-refractivity contribution in [1.82, 2.24) is 0 Å². The zero-order chi connectivity index (χ0) is 8.58. The standard InChI is InChI=1S/C3H7NO2/c1-2(4)3(5)6/h2H,4H2,1H3,(H,5,6)/i1D3,2D,3+1. The number of carboxylic acids is 1. The molecule has 0 bridgehead atoms. The Morgan fingerprint density at radius 2 is 3.00 bits per heavy atom. The fourth-order valence-corrected chi connectivity index (χ4v) is 0. The number of aliphatic carboxylic acids is 1. The van der Waals surface area contributed by atoms with E-state index in [9.17, 15) is 4.79 Å². The average molecular weight is 94.1 g/mol. The van der Waals surface area contributed by atoms with Gasteiger partial charge in [0.25, 0.3) is 0 Å². The molecule has 0 amide bonds. The number of hydrogen-bond acceptors (Lipinski definition) is 2. The Labute approximate surface area is 41.4 Å². The van der Waals surface area contributed by atoms with Gasteiger partial charge in [0.1, 0.15) is 6.02 Å². The smallest absolute Gasteiger partial charge is 0.320 e. The molecule has 0 aliphatic heterocycles. The fourth-order valence-electron chi connectivity index (χ4n) is 0. The lowest BCUT2D eigenvalue weighted by molar-refractivity contribution is -0.138. The van der Waals surface area contributed by atoms with Crippen molar-refractivity contribution < 1.29 is 15.4 Å². The Balaban J connectivity index is 4.57. The van der Waals surface area contributed by atoms with Crippen LogP contribution in [0.1, 0.15) is 12.3 Å². The maximum atomic E-state index is 10.00. The van der Waals surface area contributed by atoms with Crippen molar-refractivity contribution in [1.29, 1.82) is 0 Å². The van der Waals surface area contributed by atoms with E-state index in [2.05, 4.69) is 5.73 Å². The van der Waals surface area contributed by atoms with Crippen molar-refractivity contribution in [2.24, 2.45) is 5.73 Å². The molecule has 0 aromatic heterocycles. The van der Waals surface area contributed by atoms with Gasteiger partial charge in [0.15, 0.2) is 0 Å². The molecule has 1 atom stereocenters. The molecule has 0 aliphatic carbocycles. The lowest BCUT2D eigenvalue weighted by Gasteiger charge is -1.90. The van der Waals surface area contributed by atoms with Crippen LogP contribution in [0, 0.1) is 0 Å². The molecule has 0 aliphatic rings. The van der Waals surface area contributed by atoms with Crippen LogP contribution in [0.15, 0.2) is 0 Å². The van der Waals surface area contributed by atoms with E-state index in [0.717, 1.165) is 0 Å². The summed E-state index contributed by atoms with van der Waals surface area (Å²) < 4.78 is 26.2. The topological polar surface area (TPSA) is 63.3 Å². The molecule has 36 valence electrons.